The van der Waals surface area contributed by atoms with E-state index in [2.05, 4.69) is 23.1 Å². The number of carbonyl (C=O) groups excluding carboxylic acids is 1. The zero-order valence-electron chi connectivity index (χ0n) is 15.9. The van der Waals surface area contributed by atoms with Crippen molar-refractivity contribution in [3.8, 4) is 6.07 Å². The standard InChI is InChI=1S/C25H24N2O/c26-17-23(22-14-8-12-20-11-4-5-13-21(20)22)25(28)24-15-6-7-16-27(24)18-19-9-2-1-3-10-19/h1-5,8-14,23-24H,6-7,15-16,18H2. The van der Waals surface area contributed by atoms with Crippen LogP contribution < -0.4 is 0 Å². The number of nitrogens with zero attached hydrogens (tertiary/aromatic N) is 2. The maximum Gasteiger partial charge on any atom is 0.171 e. The van der Waals surface area contributed by atoms with Gasteiger partial charge in [0.05, 0.1) is 12.1 Å². The Morgan fingerprint density at radius 3 is 2.57 bits per heavy atom. The van der Waals surface area contributed by atoms with Gasteiger partial charge >= 0.3 is 0 Å². The summed E-state index contributed by atoms with van der Waals surface area (Å²) in [6.07, 6.45) is 2.96. The molecule has 1 aliphatic rings. The molecular weight excluding hydrogens is 344 g/mol. The fourth-order valence-corrected chi connectivity index (χ4v) is 4.30. The third kappa shape index (κ3) is 3.69. The third-order valence-corrected chi connectivity index (χ3v) is 5.72. The molecule has 28 heavy (non-hydrogen) atoms. The predicted molar refractivity (Wildman–Crippen MR) is 112 cm³/mol. The zero-order valence-corrected chi connectivity index (χ0v) is 15.9. The fraction of sp³-hybridized carbons (Fsp3) is 0.280. The lowest BCUT2D eigenvalue weighted by atomic mass is 9.85. The van der Waals surface area contributed by atoms with Crippen molar-refractivity contribution in [2.24, 2.45) is 0 Å². The van der Waals surface area contributed by atoms with Crippen LogP contribution in [-0.2, 0) is 11.3 Å². The van der Waals surface area contributed by atoms with E-state index < -0.39 is 5.92 Å². The Morgan fingerprint density at radius 1 is 1.00 bits per heavy atom. The molecule has 4 rings (SSSR count). The van der Waals surface area contributed by atoms with E-state index in [9.17, 15) is 10.1 Å². The quantitative estimate of drug-likeness (QED) is 0.631. The van der Waals surface area contributed by atoms with E-state index >= 15 is 0 Å². The van der Waals surface area contributed by atoms with Crippen LogP contribution in [0.3, 0.4) is 0 Å². The van der Waals surface area contributed by atoms with Crippen molar-refractivity contribution in [3.63, 3.8) is 0 Å². The smallest absolute Gasteiger partial charge is 0.171 e. The van der Waals surface area contributed by atoms with Crippen LogP contribution in [0.2, 0.25) is 0 Å². The second kappa shape index (κ2) is 8.37. The highest BCUT2D eigenvalue weighted by Crippen LogP contribution is 2.30. The molecule has 1 fully saturated rings. The van der Waals surface area contributed by atoms with Gasteiger partial charge in [-0.3, -0.25) is 9.69 Å². The van der Waals surface area contributed by atoms with Crippen molar-refractivity contribution in [2.75, 3.05) is 6.54 Å². The van der Waals surface area contributed by atoms with E-state index in [0.29, 0.717) is 0 Å². The van der Waals surface area contributed by atoms with E-state index in [1.54, 1.807) is 0 Å². The van der Waals surface area contributed by atoms with Gasteiger partial charge < -0.3 is 0 Å². The van der Waals surface area contributed by atoms with E-state index in [0.717, 1.165) is 48.7 Å². The van der Waals surface area contributed by atoms with Gasteiger partial charge in [0.25, 0.3) is 0 Å². The number of fused-ring (bicyclic) bond motifs is 1. The van der Waals surface area contributed by atoms with Crippen LogP contribution in [-0.4, -0.2) is 23.3 Å². The van der Waals surface area contributed by atoms with Gasteiger partial charge in [-0.2, -0.15) is 5.26 Å². The minimum Gasteiger partial charge on any atom is -0.296 e. The number of benzene rings is 3. The third-order valence-electron chi connectivity index (χ3n) is 5.72. The van der Waals surface area contributed by atoms with E-state index in [1.165, 1.54) is 5.56 Å². The lowest BCUT2D eigenvalue weighted by molar-refractivity contribution is -0.126. The molecule has 0 saturated carbocycles. The first-order chi connectivity index (χ1) is 13.8. The van der Waals surface area contributed by atoms with Gasteiger partial charge in [0, 0.05) is 6.54 Å². The van der Waals surface area contributed by atoms with E-state index in [1.807, 2.05) is 60.7 Å². The summed E-state index contributed by atoms with van der Waals surface area (Å²) in [4.78, 5) is 15.8. The number of rotatable bonds is 5. The number of ketones is 1. The monoisotopic (exact) mass is 368 g/mol. The molecule has 1 aliphatic heterocycles. The predicted octanol–water partition coefficient (Wildman–Crippen LogP) is 5.07. The molecule has 0 radical (unpaired) electrons. The highest BCUT2D eigenvalue weighted by molar-refractivity contribution is 5.98. The molecule has 140 valence electrons. The van der Waals surface area contributed by atoms with Crippen molar-refractivity contribution < 1.29 is 4.79 Å². The molecule has 3 aromatic carbocycles. The van der Waals surface area contributed by atoms with Crippen LogP contribution in [0.15, 0.2) is 72.8 Å². The Labute approximate surface area is 166 Å². The number of likely N-dealkylation sites (tertiary alicyclic amines) is 1. The summed E-state index contributed by atoms with van der Waals surface area (Å²) in [6, 6.07) is 26.3. The molecule has 2 unspecified atom stereocenters. The average molecular weight is 368 g/mol. The number of carbonyl (C=O) groups is 1. The highest BCUT2D eigenvalue weighted by Gasteiger charge is 2.34. The Kier molecular flexibility index (Phi) is 5.50. The second-order valence-corrected chi connectivity index (χ2v) is 7.50. The molecule has 1 heterocycles. The van der Waals surface area contributed by atoms with Gasteiger partial charge in [-0.1, -0.05) is 79.2 Å². The van der Waals surface area contributed by atoms with Crippen molar-refractivity contribution in [3.05, 3.63) is 83.9 Å². The summed E-state index contributed by atoms with van der Waals surface area (Å²) in [6.45, 7) is 1.66. The van der Waals surface area contributed by atoms with Gasteiger partial charge in [0.2, 0.25) is 0 Å². The second-order valence-electron chi connectivity index (χ2n) is 7.50. The summed E-state index contributed by atoms with van der Waals surface area (Å²) in [5.74, 6) is -0.693. The Bertz CT molecular complexity index is 1000. The van der Waals surface area contributed by atoms with Crippen molar-refractivity contribution >= 4 is 16.6 Å². The zero-order chi connectivity index (χ0) is 19.3. The number of Topliss-reactive ketones (excluding diaryl/α,β-unsaturated/α-hetero) is 1. The lowest BCUT2D eigenvalue weighted by Gasteiger charge is -2.35. The minimum atomic E-state index is -0.729. The summed E-state index contributed by atoms with van der Waals surface area (Å²) < 4.78 is 0. The molecule has 0 aliphatic carbocycles. The van der Waals surface area contributed by atoms with E-state index in [-0.39, 0.29) is 11.8 Å². The highest BCUT2D eigenvalue weighted by atomic mass is 16.1. The summed E-state index contributed by atoms with van der Waals surface area (Å²) in [5, 5.41) is 12.0. The van der Waals surface area contributed by atoms with Crippen molar-refractivity contribution in [2.45, 2.75) is 37.8 Å². The maximum absolute atomic E-state index is 13.5. The molecule has 0 spiro atoms. The first-order valence-corrected chi connectivity index (χ1v) is 9.97. The molecule has 1 saturated heterocycles. The maximum atomic E-state index is 13.5. The fourth-order valence-electron chi connectivity index (χ4n) is 4.30. The van der Waals surface area contributed by atoms with Crippen LogP contribution in [0.25, 0.3) is 10.8 Å². The molecule has 0 aromatic heterocycles. The van der Waals surface area contributed by atoms with Gasteiger partial charge in [0.1, 0.15) is 5.92 Å². The van der Waals surface area contributed by atoms with Crippen LogP contribution in [0, 0.1) is 11.3 Å². The average Bonchev–Trinajstić information content (AvgIpc) is 2.75. The summed E-state index contributed by atoms with van der Waals surface area (Å²) in [5.41, 5.74) is 2.04. The topological polar surface area (TPSA) is 44.1 Å². The molecule has 3 nitrogen and oxygen atoms in total. The lowest BCUT2D eigenvalue weighted by Crippen LogP contribution is -2.45. The minimum absolute atomic E-state index is 0.0366. The Balaban J connectivity index is 1.64. The SMILES string of the molecule is N#CC(C(=O)C1CCCCN1Cc1ccccc1)c1cccc2ccccc12. The van der Waals surface area contributed by atoms with Gasteiger partial charge in [-0.15, -0.1) is 0 Å². The summed E-state index contributed by atoms with van der Waals surface area (Å²) in [7, 11) is 0. The normalized spacial score (nSPS) is 18.5. The van der Waals surface area contributed by atoms with Crippen molar-refractivity contribution in [1.29, 1.82) is 5.26 Å². The van der Waals surface area contributed by atoms with Crippen LogP contribution in [0.4, 0.5) is 0 Å². The molecular formula is C25H24N2O. The molecule has 2 atom stereocenters. The largest absolute Gasteiger partial charge is 0.296 e. The van der Waals surface area contributed by atoms with Gasteiger partial charge in [-0.25, -0.2) is 0 Å². The van der Waals surface area contributed by atoms with Crippen LogP contribution in [0.1, 0.15) is 36.3 Å². The molecule has 0 bridgehead atoms. The number of piperidine rings is 1. The number of nitriles is 1. The van der Waals surface area contributed by atoms with Gasteiger partial charge in [0.15, 0.2) is 5.78 Å². The summed E-state index contributed by atoms with van der Waals surface area (Å²) >= 11 is 0. The van der Waals surface area contributed by atoms with Gasteiger partial charge in [-0.05, 0) is 41.3 Å². The first kappa shape index (κ1) is 18.4. The molecule has 0 N–H and O–H groups in total. The van der Waals surface area contributed by atoms with Crippen molar-refractivity contribution in [1.82, 2.24) is 4.90 Å². The number of hydrogen-bond donors (Lipinski definition) is 0. The number of hydrogen-bond acceptors (Lipinski definition) is 3. The Morgan fingerprint density at radius 2 is 1.75 bits per heavy atom. The molecule has 0 amide bonds. The first-order valence-electron chi connectivity index (χ1n) is 9.97. The Hall–Kier alpha value is -2.96. The molecule has 3 heteroatoms. The van der Waals surface area contributed by atoms with E-state index in [4.69, 9.17) is 0 Å². The van der Waals surface area contributed by atoms with Crippen LogP contribution in [0.5, 0.6) is 0 Å². The molecule has 3 aromatic rings. The van der Waals surface area contributed by atoms with Crippen LogP contribution >= 0.6 is 0 Å².